The maximum atomic E-state index is 5.12. The number of aryl methyl sites for hydroxylation is 2. The molecule has 9 heteroatoms. The summed E-state index contributed by atoms with van der Waals surface area (Å²) in [5.74, 6) is 1.79. The highest BCUT2D eigenvalue weighted by atomic mass is 127. The van der Waals surface area contributed by atoms with Crippen LogP contribution in [-0.4, -0.2) is 67.2 Å². The average Bonchev–Trinajstić information content (AvgIpc) is 3.18. The van der Waals surface area contributed by atoms with Crippen LogP contribution in [0.5, 0.6) is 0 Å². The zero-order valence-corrected chi connectivity index (χ0v) is 20.9. The van der Waals surface area contributed by atoms with E-state index >= 15 is 0 Å². The summed E-state index contributed by atoms with van der Waals surface area (Å²) >= 11 is 0. The van der Waals surface area contributed by atoms with Crippen molar-refractivity contribution in [2.45, 2.75) is 33.7 Å². The minimum Gasteiger partial charge on any atom is -0.383 e. The summed E-state index contributed by atoms with van der Waals surface area (Å²) in [5.41, 5.74) is 2.53. The summed E-state index contributed by atoms with van der Waals surface area (Å²) in [6.07, 6.45) is 2.65. The Labute approximate surface area is 197 Å². The standard InChI is InChI=1S/C21H35N7O.HI/c1-5-20-26-25-17-28(20)14-11-23-21(24-12-15-29-4)22-10-13-27(6-2)19-9-7-8-18(3)16-19;/h7-9,16-17H,5-6,10-15H2,1-4H3,(H2,22,23,24);1H. The fourth-order valence-corrected chi connectivity index (χ4v) is 3.06. The predicted molar refractivity (Wildman–Crippen MR) is 134 cm³/mol. The molecule has 2 rings (SSSR count). The summed E-state index contributed by atoms with van der Waals surface area (Å²) in [6.45, 7) is 11.8. The van der Waals surface area contributed by atoms with Crippen LogP contribution >= 0.6 is 24.0 Å². The number of ether oxygens (including phenoxy) is 1. The second-order valence-corrected chi connectivity index (χ2v) is 6.79. The number of hydrogen-bond donors (Lipinski definition) is 2. The Balaban J connectivity index is 0.00000450. The average molecular weight is 529 g/mol. The van der Waals surface area contributed by atoms with Crippen LogP contribution in [0.2, 0.25) is 0 Å². The first kappa shape index (κ1) is 26.2. The summed E-state index contributed by atoms with van der Waals surface area (Å²) in [4.78, 5) is 6.95. The molecule has 0 radical (unpaired) electrons. The van der Waals surface area contributed by atoms with Gasteiger partial charge >= 0.3 is 0 Å². The number of aliphatic imine (C=N–C) groups is 1. The van der Waals surface area contributed by atoms with E-state index in [-0.39, 0.29) is 24.0 Å². The van der Waals surface area contributed by atoms with E-state index in [0.29, 0.717) is 13.2 Å². The molecule has 0 amide bonds. The van der Waals surface area contributed by atoms with Crippen LogP contribution in [0.1, 0.15) is 25.2 Å². The van der Waals surface area contributed by atoms with E-state index in [2.05, 4.69) is 80.3 Å². The third-order valence-electron chi connectivity index (χ3n) is 4.65. The van der Waals surface area contributed by atoms with Gasteiger partial charge in [-0.25, -0.2) is 0 Å². The van der Waals surface area contributed by atoms with Crippen LogP contribution in [0.3, 0.4) is 0 Å². The van der Waals surface area contributed by atoms with Crippen molar-refractivity contribution in [2.24, 2.45) is 4.99 Å². The molecule has 0 atom stereocenters. The summed E-state index contributed by atoms with van der Waals surface area (Å²) in [5, 5.41) is 14.9. The first-order chi connectivity index (χ1) is 14.2. The first-order valence-electron chi connectivity index (χ1n) is 10.4. The van der Waals surface area contributed by atoms with Crippen LogP contribution in [0.4, 0.5) is 5.69 Å². The highest BCUT2D eigenvalue weighted by molar-refractivity contribution is 14.0. The third-order valence-corrected chi connectivity index (χ3v) is 4.65. The number of guanidine groups is 1. The Morgan fingerprint density at radius 3 is 2.73 bits per heavy atom. The molecule has 0 fully saturated rings. The Kier molecular flexibility index (Phi) is 13.1. The molecule has 2 N–H and O–H groups in total. The van der Waals surface area contributed by atoms with Crippen molar-refractivity contribution in [1.82, 2.24) is 25.4 Å². The van der Waals surface area contributed by atoms with Crippen molar-refractivity contribution < 1.29 is 4.74 Å². The maximum Gasteiger partial charge on any atom is 0.191 e. The van der Waals surface area contributed by atoms with Gasteiger partial charge < -0.3 is 24.8 Å². The van der Waals surface area contributed by atoms with Crippen molar-refractivity contribution >= 4 is 35.6 Å². The van der Waals surface area contributed by atoms with Gasteiger partial charge in [0.05, 0.1) is 13.2 Å². The van der Waals surface area contributed by atoms with Crippen LogP contribution in [-0.2, 0) is 17.7 Å². The van der Waals surface area contributed by atoms with Gasteiger partial charge in [-0.2, -0.15) is 0 Å². The van der Waals surface area contributed by atoms with E-state index in [1.165, 1.54) is 11.3 Å². The lowest BCUT2D eigenvalue weighted by atomic mass is 10.2. The number of hydrogen-bond acceptors (Lipinski definition) is 5. The van der Waals surface area contributed by atoms with Crippen molar-refractivity contribution in [3.8, 4) is 0 Å². The van der Waals surface area contributed by atoms with E-state index in [0.717, 1.165) is 50.9 Å². The SMILES string of the molecule is CCc1nncn1CCNC(=NCCOC)NCCN(CC)c1cccc(C)c1.I. The van der Waals surface area contributed by atoms with Gasteiger partial charge in [0.1, 0.15) is 12.2 Å². The Morgan fingerprint density at radius 1 is 1.23 bits per heavy atom. The van der Waals surface area contributed by atoms with E-state index in [9.17, 15) is 0 Å². The van der Waals surface area contributed by atoms with Gasteiger partial charge in [-0.15, -0.1) is 34.2 Å². The lowest BCUT2D eigenvalue weighted by Gasteiger charge is -2.24. The van der Waals surface area contributed by atoms with Crippen molar-refractivity contribution in [3.63, 3.8) is 0 Å². The topological polar surface area (TPSA) is 79.6 Å². The molecule has 1 heterocycles. The van der Waals surface area contributed by atoms with Gasteiger partial charge in [-0.3, -0.25) is 4.99 Å². The fraction of sp³-hybridized carbons (Fsp3) is 0.571. The quantitative estimate of drug-likeness (QED) is 0.191. The number of nitrogens with zero attached hydrogens (tertiary/aromatic N) is 5. The summed E-state index contributed by atoms with van der Waals surface area (Å²) in [6, 6.07) is 8.61. The molecule has 30 heavy (non-hydrogen) atoms. The van der Waals surface area contributed by atoms with E-state index in [1.807, 2.05) is 0 Å². The third kappa shape index (κ3) is 8.86. The number of rotatable bonds is 12. The number of benzene rings is 1. The molecule has 0 saturated heterocycles. The number of anilines is 1. The molecule has 2 aromatic rings. The fourth-order valence-electron chi connectivity index (χ4n) is 3.06. The van der Waals surface area contributed by atoms with Gasteiger partial charge in [-0.1, -0.05) is 19.1 Å². The number of nitrogens with one attached hydrogen (secondary N) is 2. The highest BCUT2D eigenvalue weighted by Crippen LogP contribution is 2.14. The molecule has 0 aliphatic heterocycles. The minimum absolute atomic E-state index is 0. The largest absolute Gasteiger partial charge is 0.383 e. The number of likely N-dealkylation sites (N-methyl/N-ethyl adjacent to an activating group) is 1. The Hall–Kier alpha value is -1.88. The zero-order chi connectivity index (χ0) is 20.9. The van der Waals surface area contributed by atoms with E-state index < -0.39 is 0 Å². The van der Waals surface area contributed by atoms with Gasteiger partial charge in [0.15, 0.2) is 5.96 Å². The zero-order valence-electron chi connectivity index (χ0n) is 18.6. The van der Waals surface area contributed by atoms with Crippen LogP contribution in [0.15, 0.2) is 35.6 Å². The number of methoxy groups -OCH3 is 1. The maximum absolute atomic E-state index is 5.12. The van der Waals surface area contributed by atoms with Crippen molar-refractivity contribution in [2.75, 3.05) is 51.3 Å². The molecule has 8 nitrogen and oxygen atoms in total. The molecule has 0 saturated carbocycles. The molecule has 0 bridgehead atoms. The molecule has 1 aromatic carbocycles. The lowest BCUT2D eigenvalue weighted by Crippen LogP contribution is -2.43. The molecule has 0 spiro atoms. The monoisotopic (exact) mass is 529 g/mol. The highest BCUT2D eigenvalue weighted by Gasteiger charge is 2.06. The Morgan fingerprint density at radius 2 is 2.03 bits per heavy atom. The normalized spacial score (nSPS) is 11.1. The minimum atomic E-state index is 0. The molecular weight excluding hydrogens is 493 g/mol. The Bertz CT molecular complexity index is 750. The molecule has 168 valence electrons. The van der Waals surface area contributed by atoms with Gasteiger partial charge in [0, 0.05) is 51.9 Å². The molecule has 0 aliphatic rings. The van der Waals surface area contributed by atoms with Crippen molar-refractivity contribution in [3.05, 3.63) is 42.0 Å². The van der Waals surface area contributed by atoms with E-state index in [4.69, 9.17) is 4.74 Å². The molecule has 0 aliphatic carbocycles. The van der Waals surface area contributed by atoms with Crippen molar-refractivity contribution in [1.29, 1.82) is 0 Å². The number of halogens is 1. The van der Waals surface area contributed by atoms with E-state index in [1.54, 1.807) is 13.4 Å². The van der Waals surface area contributed by atoms with Gasteiger partial charge in [0.25, 0.3) is 0 Å². The molecule has 1 aromatic heterocycles. The lowest BCUT2D eigenvalue weighted by molar-refractivity contribution is 0.208. The second-order valence-electron chi connectivity index (χ2n) is 6.79. The smallest absolute Gasteiger partial charge is 0.191 e. The van der Waals surface area contributed by atoms with Crippen LogP contribution in [0, 0.1) is 6.92 Å². The van der Waals surface area contributed by atoms with Crippen LogP contribution < -0.4 is 15.5 Å². The van der Waals surface area contributed by atoms with Gasteiger partial charge in [-0.05, 0) is 31.5 Å². The molecule has 0 unspecified atom stereocenters. The predicted octanol–water partition coefficient (Wildman–Crippen LogP) is 2.48. The number of aromatic nitrogens is 3. The first-order valence-corrected chi connectivity index (χ1v) is 10.4. The summed E-state index contributed by atoms with van der Waals surface area (Å²) in [7, 11) is 1.69. The second kappa shape index (κ2) is 15.0. The summed E-state index contributed by atoms with van der Waals surface area (Å²) < 4.78 is 7.19. The van der Waals surface area contributed by atoms with Crippen LogP contribution in [0.25, 0.3) is 0 Å². The molecular formula is C21H36IN7O. The van der Waals surface area contributed by atoms with Gasteiger partial charge in [0.2, 0.25) is 0 Å².